The van der Waals surface area contributed by atoms with Crippen LogP contribution in [0.1, 0.15) is 59.8 Å². The normalized spacial score (nSPS) is 24.9. The fraction of sp³-hybridized carbons (Fsp3) is 0.650. The van der Waals surface area contributed by atoms with Crippen LogP contribution in [0.2, 0.25) is 0 Å². The molecule has 3 heterocycles. The Bertz CT molecular complexity index is 708. The molecule has 2 saturated heterocycles. The highest BCUT2D eigenvalue weighted by Crippen LogP contribution is 2.39. The number of hydrogen-bond donors (Lipinski definition) is 1. The molecule has 1 aromatic heterocycles. The van der Waals surface area contributed by atoms with E-state index in [4.69, 9.17) is 0 Å². The Balaban J connectivity index is 1.31. The van der Waals surface area contributed by atoms with E-state index in [0.717, 1.165) is 50.3 Å². The highest BCUT2D eigenvalue weighted by Gasteiger charge is 2.36. The number of pyridine rings is 1. The number of aryl methyl sites for hydroxylation is 1. The van der Waals surface area contributed by atoms with E-state index < -0.39 is 0 Å². The lowest BCUT2D eigenvalue weighted by Crippen LogP contribution is -2.50. The summed E-state index contributed by atoms with van der Waals surface area (Å²) in [4.78, 5) is 33.5. The Morgan fingerprint density at radius 3 is 2.42 bits per heavy atom. The first-order chi connectivity index (χ1) is 12.5. The summed E-state index contributed by atoms with van der Waals surface area (Å²) in [7, 11) is 1.88. The van der Waals surface area contributed by atoms with Gasteiger partial charge in [0.1, 0.15) is 0 Å². The third-order valence-corrected chi connectivity index (χ3v) is 6.05. The predicted octanol–water partition coefficient (Wildman–Crippen LogP) is 1.69. The maximum atomic E-state index is 12.6. The minimum absolute atomic E-state index is 0.0209. The summed E-state index contributed by atoms with van der Waals surface area (Å²) in [6.07, 6.45) is 5.15. The summed E-state index contributed by atoms with van der Waals surface area (Å²) in [5.74, 6) is 0.824. The van der Waals surface area contributed by atoms with Crippen molar-refractivity contribution in [3.05, 3.63) is 29.1 Å². The van der Waals surface area contributed by atoms with Gasteiger partial charge >= 0.3 is 0 Å². The molecule has 0 radical (unpaired) electrons. The summed E-state index contributed by atoms with van der Waals surface area (Å²) in [6, 6.07) is 4.14. The smallest absolute Gasteiger partial charge is 0.253 e. The van der Waals surface area contributed by atoms with Gasteiger partial charge in [0.15, 0.2) is 0 Å². The number of amides is 2. The fourth-order valence-corrected chi connectivity index (χ4v) is 4.19. The molecule has 1 aromatic rings. The van der Waals surface area contributed by atoms with Crippen LogP contribution in [-0.4, -0.2) is 65.4 Å². The van der Waals surface area contributed by atoms with E-state index in [-0.39, 0.29) is 23.9 Å². The van der Waals surface area contributed by atoms with Crippen molar-refractivity contribution in [2.75, 3.05) is 26.7 Å². The maximum absolute atomic E-state index is 12.6. The molecule has 1 atom stereocenters. The van der Waals surface area contributed by atoms with Crippen LogP contribution in [0.4, 0.5) is 0 Å². The van der Waals surface area contributed by atoms with Crippen molar-refractivity contribution >= 4 is 11.8 Å². The number of rotatable bonds is 4. The highest BCUT2D eigenvalue weighted by atomic mass is 16.2. The molecule has 26 heavy (non-hydrogen) atoms. The molecule has 1 aliphatic carbocycles. The first kappa shape index (κ1) is 17.5. The van der Waals surface area contributed by atoms with Crippen molar-refractivity contribution in [3.63, 3.8) is 0 Å². The van der Waals surface area contributed by atoms with Gasteiger partial charge < -0.3 is 10.2 Å². The molecule has 0 spiro atoms. The van der Waals surface area contributed by atoms with E-state index in [9.17, 15) is 9.59 Å². The zero-order valence-electron chi connectivity index (χ0n) is 15.7. The van der Waals surface area contributed by atoms with E-state index >= 15 is 0 Å². The van der Waals surface area contributed by atoms with Gasteiger partial charge in [-0.2, -0.15) is 0 Å². The Morgan fingerprint density at radius 1 is 1.12 bits per heavy atom. The van der Waals surface area contributed by atoms with Crippen LogP contribution in [0.15, 0.2) is 12.1 Å². The molecule has 140 valence electrons. The van der Waals surface area contributed by atoms with Crippen molar-refractivity contribution in [2.45, 2.75) is 57.0 Å². The molecule has 3 fully saturated rings. The maximum Gasteiger partial charge on any atom is 0.253 e. The fourth-order valence-electron chi connectivity index (χ4n) is 4.19. The van der Waals surface area contributed by atoms with Gasteiger partial charge in [-0.05, 0) is 51.2 Å². The van der Waals surface area contributed by atoms with Crippen molar-refractivity contribution in [1.29, 1.82) is 0 Å². The van der Waals surface area contributed by atoms with Gasteiger partial charge in [0.05, 0.1) is 17.3 Å². The average Bonchev–Trinajstić information content (AvgIpc) is 3.42. The van der Waals surface area contributed by atoms with Gasteiger partial charge in [0.2, 0.25) is 5.91 Å². The van der Waals surface area contributed by atoms with Gasteiger partial charge in [-0.1, -0.05) is 0 Å². The molecule has 1 saturated carbocycles. The molecule has 6 nitrogen and oxygen atoms in total. The van der Waals surface area contributed by atoms with Crippen molar-refractivity contribution in [1.82, 2.24) is 20.1 Å². The zero-order chi connectivity index (χ0) is 18.3. The van der Waals surface area contributed by atoms with Crippen LogP contribution in [-0.2, 0) is 4.79 Å². The van der Waals surface area contributed by atoms with Crippen LogP contribution in [0, 0.1) is 6.92 Å². The summed E-state index contributed by atoms with van der Waals surface area (Å²) in [6.45, 7) is 4.51. The third kappa shape index (κ3) is 3.47. The van der Waals surface area contributed by atoms with E-state index in [1.54, 1.807) is 0 Å². The van der Waals surface area contributed by atoms with Crippen LogP contribution in [0.25, 0.3) is 0 Å². The lowest BCUT2D eigenvalue weighted by Gasteiger charge is -2.35. The molecule has 2 aliphatic heterocycles. The molecule has 3 aliphatic rings. The average molecular weight is 356 g/mol. The van der Waals surface area contributed by atoms with Crippen molar-refractivity contribution in [2.24, 2.45) is 0 Å². The number of hydrogen-bond acceptors (Lipinski definition) is 4. The standard InChI is InChI=1S/C20H28N4O2/c1-13-16(5-6-17(21-13)14-3-4-14)19(25)22-15-7-11-24(12-8-15)18-9-10-23(2)20(18)26/h5-6,14-15,18H,3-4,7-12H2,1-2H3,(H,22,25)/t18-/m0/s1. The SMILES string of the molecule is Cc1nc(C2CC2)ccc1C(=O)NC1CCN([C@H]2CCN(C)C2=O)CC1. The minimum atomic E-state index is -0.0209. The number of carbonyl (C=O) groups excluding carboxylic acids is 2. The van der Waals surface area contributed by atoms with E-state index in [1.807, 2.05) is 31.0 Å². The quantitative estimate of drug-likeness (QED) is 0.892. The Morgan fingerprint density at radius 2 is 1.85 bits per heavy atom. The highest BCUT2D eigenvalue weighted by molar-refractivity contribution is 5.95. The van der Waals surface area contributed by atoms with Gasteiger partial charge in [-0.25, -0.2) is 0 Å². The van der Waals surface area contributed by atoms with Gasteiger partial charge in [0.25, 0.3) is 5.91 Å². The molecular formula is C20H28N4O2. The zero-order valence-corrected chi connectivity index (χ0v) is 15.7. The Labute approximate surface area is 155 Å². The number of aromatic nitrogens is 1. The summed E-state index contributed by atoms with van der Waals surface area (Å²) in [5.41, 5.74) is 2.63. The second-order valence-corrected chi connectivity index (χ2v) is 7.99. The predicted molar refractivity (Wildman–Crippen MR) is 99.1 cm³/mol. The summed E-state index contributed by atoms with van der Waals surface area (Å²) >= 11 is 0. The topological polar surface area (TPSA) is 65.5 Å². The molecular weight excluding hydrogens is 328 g/mol. The van der Waals surface area contributed by atoms with Crippen LogP contribution >= 0.6 is 0 Å². The molecule has 6 heteroatoms. The molecule has 1 N–H and O–H groups in total. The van der Waals surface area contributed by atoms with E-state index in [0.29, 0.717) is 11.5 Å². The van der Waals surface area contributed by atoms with Gasteiger partial charge in [-0.3, -0.25) is 19.5 Å². The van der Waals surface area contributed by atoms with Gasteiger partial charge in [0, 0.05) is 44.3 Å². The van der Waals surface area contributed by atoms with Gasteiger partial charge in [-0.15, -0.1) is 0 Å². The number of nitrogens with zero attached hydrogens (tertiary/aromatic N) is 3. The minimum Gasteiger partial charge on any atom is -0.349 e. The molecule has 0 aromatic carbocycles. The first-order valence-electron chi connectivity index (χ1n) is 9.80. The van der Waals surface area contributed by atoms with Crippen LogP contribution in [0.5, 0.6) is 0 Å². The largest absolute Gasteiger partial charge is 0.349 e. The molecule has 0 unspecified atom stereocenters. The molecule has 4 rings (SSSR count). The number of likely N-dealkylation sites (N-methyl/N-ethyl adjacent to an activating group) is 1. The van der Waals surface area contributed by atoms with Crippen LogP contribution in [0.3, 0.4) is 0 Å². The number of nitrogens with one attached hydrogen (secondary N) is 1. The van der Waals surface area contributed by atoms with Crippen molar-refractivity contribution in [3.8, 4) is 0 Å². The van der Waals surface area contributed by atoms with Crippen LogP contribution < -0.4 is 5.32 Å². The summed E-state index contributed by atoms with van der Waals surface area (Å²) < 4.78 is 0. The molecule has 0 bridgehead atoms. The third-order valence-electron chi connectivity index (χ3n) is 6.05. The summed E-state index contributed by atoms with van der Waals surface area (Å²) in [5, 5.41) is 3.17. The number of piperidine rings is 1. The second kappa shape index (κ2) is 6.99. The number of carbonyl (C=O) groups is 2. The lowest BCUT2D eigenvalue weighted by molar-refractivity contribution is -0.131. The number of likely N-dealkylation sites (tertiary alicyclic amines) is 2. The second-order valence-electron chi connectivity index (χ2n) is 7.99. The van der Waals surface area contributed by atoms with E-state index in [2.05, 4.69) is 15.2 Å². The lowest BCUT2D eigenvalue weighted by atomic mass is 10.0. The monoisotopic (exact) mass is 356 g/mol. The van der Waals surface area contributed by atoms with Crippen molar-refractivity contribution < 1.29 is 9.59 Å². The Hall–Kier alpha value is -1.95. The molecule has 2 amide bonds. The van der Waals surface area contributed by atoms with E-state index in [1.165, 1.54) is 12.8 Å². The first-order valence-corrected chi connectivity index (χ1v) is 9.80. The Kier molecular flexibility index (Phi) is 4.69.